The second-order valence-electron chi connectivity index (χ2n) is 6.02. The molecule has 128 valence electrons. The molecule has 0 spiro atoms. The molecule has 0 saturated carbocycles. The Hall–Kier alpha value is -2.34. The summed E-state index contributed by atoms with van der Waals surface area (Å²) in [7, 11) is 1.60. The standard InChI is InChI=1S/C18H24N4O2/c1-19-17(23)13-24-16-7-3-2-5-14(16)11-20-12-15-6-4-9-22-10-8-21-18(15)22/h2-3,5,7-8,10,15,20H,4,6,9,11-13H2,1H3,(H,19,23)/t15-/m0/s1. The summed E-state index contributed by atoms with van der Waals surface area (Å²) in [6, 6.07) is 7.82. The normalized spacial score (nSPS) is 16.5. The number of amides is 1. The van der Waals surface area contributed by atoms with Crippen molar-refractivity contribution in [2.24, 2.45) is 0 Å². The van der Waals surface area contributed by atoms with Crippen LogP contribution >= 0.6 is 0 Å². The molecule has 0 fully saturated rings. The zero-order valence-electron chi connectivity index (χ0n) is 14.0. The quantitative estimate of drug-likeness (QED) is 0.811. The predicted molar refractivity (Wildman–Crippen MR) is 91.9 cm³/mol. The van der Waals surface area contributed by atoms with Gasteiger partial charge in [0.15, 0.2) is 6.61 Å². The van der Waals surface area contributed by atoms with E-state index in [0.717, 1.165) is 24.4 Å². The number of hydrogen-bond acceptors (Lipinski definition) is 4. The first-order chi connectivity index (χ1) is 11.8. The minimum absolute atomic E-state index is 0.0353. The van der Waals surface area contributed by atoms with E-state index in [-0.39, 0.29) is 12.5 Å². The molecule has 6 nitrogen and oxygen atoms in total. The van der Waals surface area contributed by atoms with Crippen molar-refractivity contribution in [2.45, 2.75) is 31.8 Å². The number of hydrogen-bond donors (Lipinski definition) is 2. The van der Waals surface area contributed by atoms with Crippen LogP contribution in [0.15, 0.2) is 36.7 Å². The monoisotopic (exact) mass is 328 g/mol. The van der Waals surface area contributed by atoms with Crippen molar-refractivity contribution >= 4 is 5.91 Å². The molecule has 6 heteroatoms. The van der Waals surface area contributed by atoms with Gasteiger partial charge < -0.3 is 19.9 Å². The van der Waals surface area contributed by atoms with Crippen LogP contribution < -0.4 is 15.4 Å². The van der Waals surface area contributed by atoms with Gasteiger partial charge in [0.1, 0.15) is 11.6 Å². The number of nitrogens with zero attached hydrogens (tertiary/aromatic N) is 2. The number of fused-ring (bicyclic) bond motifs is 1. The molecule has 1 aromatic heterocycles. The van der Waals surface area contributed by atoms with Crippen molar-refractivity contribution in [2.75, 3.05) is 20.2 Å². The fourth-order valence-electron chi connectivity index (χ4n) is 3.09. The lowest BCUT2D eigenvalue weighted by molar-refractivity contribution is -0.122. The smallest absolute Gasteiger partial charge is 0.257 e. The molecule has 1 aliphatic rings. The van der Waals surface area contributed by atoms with Gasteiger partial charge in [0.05, 0.1) is 0 Å². The summed E-state index contributed by atoms with van der Waals surface area (Å²) in [5.41, 5.74) is 1.06. The van der Waals surface area contributed by atoms with Gasteiger partial charge in [-0.3, -0.25) is 4.79 Å². The molecule has 0 saturated heterocycles. The molecule has 2 aromatic rings. The summed E-state index contributed by atoms with van der Waals surface area (Å²) in [6.07, 6.45) is 6.30. The van der Waals surface area contributed by atoms with Crippen LogP contribution in [0.1, 0.15) is 30.1 Å². The molecule has 0 radical (unpaired) electrons. The average Bonchev–Trinajstić information content (AvgIpc) is 3.10. The van der Waals surface area contributed by atoms with Crippen LogP contribution in [0, 0.1) is 0 Å². The molecule has 1 atom stereocenters. The number of carbonyl (C=O) groups is 1. The predicted octanol–water partition coefficient (Wildman–Crippen LogP) is 1.68. The van der Waals surface area contributed by atoms with E-state index in [1.807, 2.05) is 30.5 Å². The van der Waals surface area contributed by atoms with Gasteiger partial charge in [-0.2, -0.15) is 0 Å². The van der Waals surface area contributed by atoms with Gasteiger partial charge in [0, 0.05) is 50.6 Å². The number of benzene rings is 1. The summed E-state index contributed by atoms with van der Waals surface area (Å²) in [5.74, 6) is 2.25. The lowest BCUT2D eigenvalue weighted by Gasteiger charge is -2.24. The fraction of sp³-hybridized carbons (Fsp3) is 0.444. The van der Waals surface area contributed by atoms with Crippen molar-refractivity contribution in [3.05, 3.63) is 48.0 Å². The first-order valence-electron chi connectivity index (χ1n) is 8.41. The minimum Gasteiger partial charge on any atom is -0.483 e. The van der Waals surface area contributed by atoms with Gasteiger partial charge in [-0.1, -0.05) is 18.2 Å². The molecule has 2 N–H and O–H groups in total. The molecule has 1 amide bonds. The highest BCUT2D eigenvalue weighted by atomic mass is 16.5. The lowest BCUT2D eigenvalue weighted by Crippen LogP contribution is -2.27. The van der Waals surface area contributed by atoms with Crippen molar-refractivity contribution < 1.29 is 9.53 Å². The first kappa shape index (κ1) is 16.5. The van der Waals surface area contributed by atoms with E-state index < -0.39 is 0 Å². The van der Waals surface area contributed by atoms with Crippen molar-refractivity contribution in [1.29, 1.82) is 0 Å². The van der Waals surface area contributed by atoms with Gasteiger partial charge in [0.2, 0.25) is 0 Å². The van der Waals surface area contributed by atoms with Crippen LogP contribution in [0.5, 0.6) is 5.75 Å². The highest BCUT2D eigenvalue weighted by Gasteiger charge is 2.20. The van der Waals surface area contributed by atoms with Crippen molar-refractivity contribution in [3.63, 3.8) is 0 Å². The summed E-state index contributed by atoms with van der Waals surface area (Å²) in [4.78, 5) is 15.8. The number of carbonyl (C=O) groups excluding carboxylic acids is 1. The Morgan fingerprint density at radius 2 is 2.29 bits per heavy atom. The van der Waals surface area contributed by atoms with Crippen LogP contribution in [0.4, 0.5) is 0 Å². The maximum absolute atomic E-state index is 11.3. The Bertz CT molecular complexity index is 683. The SMILES string of the molecule is CNC(=O)COc1ccccc1CNC[C@@H]1CCCn2ccnc21. The number of nitrogens with one attached hydrogen (secondary N) is 2. The maximum Gasteiger partial charge on any atom is 0.257 e. The molecule has 0 unspecified atom stereocenters. The third kappa shape index (κ3) is 3.94. The molecule has 1 aliphatic heterocycles. The molecule has 0 aliphatic carbocycles. The van der Waals surface area contributed by atoms with Crippen LogP contribution in [0.3, 0.4) is 0 Å². The van der Waals surface area contributed by atoms with Gasteiger partial charge in [0.25, 0.3) is 5.91 Å². The number of aryl methyl sites for hydroxylation is 1. The Kier molecular flexibility index (Phi) is 5.48. The van der Waals surface area contributed by atoms with Crippen LogP contribution in [0.25, 0.3) is 0 Å². The molecule has 3 rings (SSSR count). The second kappa shape index (κ2) is 7.97. The Balaban J connectivity index is 1.55. The number of imidazole rings is 1. The Morgan fingerprint density at radius 3 is 3.17 bits per heavy atom. The van der Waals surface area contributed by atoms with Crippen LogP contribution in [-0.2, 0) is 17.9 Å². The highest BCUT2D eigenvalue weighted by molar-refractivity contribution is 5.77. The Morgan fingerprint density at radius 1 is 1.42 bits per heavy atom. The van der Waals surface area contributed by atoms with Crippen molar-refractivity contribution in [1.82, 2.24) is 20.2 Å². The molecular formula is C18H24N4O2. The van der Waals surface area contributed by atoms with Gasteiger partial charge in [-0.05, 0) is 18.9 Å². The first-order valence-corrected chi connectivity index (χ1v) is 8.41. The summed E-state index contributed by atoms with van der Waals surface area (Å²) in [5, 5.41) is 6.07. The zero-order chi connectivity index (χ0) is 16.8. The topological polar surface area (TPSA) is 68.2 Å². The number of likely N-dealkylation sites (N-methyl/N-ethyl adjacent to an activating group) is 1. The van der Waals surface area contributed by atoms with Gasteiger partial charge in [-0.25, -0.2) is 4.98 Å². The van der Waals surface area contributed by atoms with E-state index in [9.17, 15) is 4.79 Å². The van der Waals surface area contributed by atoms with Crippen LogP contribution in [0.2, 0.25) is 0 Å². The van der Waals surface area contributed by atoms with Crippen LogP contribution in [-0.4, -0.2) is 35.7 Å². The highest BCUT2D eigenvalue weighted by Crippen LogP contribution is 2.25. The van der Waals surface area contributed by atoms with E-state index >= 15 is 0 Å². The molecule has 0 bridgehead atoms. The van der Waals surface area contributed by atoms with E-state index in [1.54, 1.807) is 7.05 Å². The Labute approximate surface area is 142 Å². The summed E-state index contributed by atoms with van der Waals surface area (Å²) in [6.45, 7) is 2.71. The average molecular weight is 328 g/mol. The number of ether oxygens (including phenoxy) is 1. The van der Waals surface area contributed by atoms with Gasteiger partial charge >= 0.3 is 0 Å². The lowest BCUT2D eigenvalue weighted by atomic mass is 9.99. The summed E-state index contributed by atoms with van der Waals surface area (Å²) >= 11 is 0. The van der Waals surface area contributed by atoms with Crippen molar-refractivity contribution in [3.8, 4) is 5.75 Å². The minimum atomic E-state index is -0.133. The number of aromatic nitrogens is 2. The third-order valence-electron chi connectivity index (χ3n) is 4.38. The largest absolute Gasteiger partial charge is 0.483 e. The fourth-order valence-corrected chi connectivity index (χ4v) is 3.09. The van der Waals surface area contributed by atoms with Gasteiger partial charge in [-0.15, -0.1) is 0 Å². The zero-order valence-corrected chi connectivity index (χ0v) is 14.0. The third-order valence-corrected chi connectivity index (χ3v) is 4.38. The molecule has 1 aromatic carbocycles. The molecular weight excluding hydrogens is 304 g/mol. The maximum atomic E-state index is 11.3. The van der Waals surface area contributed by atoms with E-state index in [4.69, 9.17) is 4.74 Å². The van der Waals surface area contributed by atoms with E-state index in [2.05, 4.69) is 26.4 Å². The number of para-hydroxylation sites is 1. The molecule has 2 heterocycles. The van der Waals surface area contributed by atoms with E-state index in [1.165, 1.54) is 18.7 Å². The molecule has 24 heavy (non-hydrogen) atoms. The second-order valence-corrected chi connectivity index (χ2v) is 6.02. The number of rotatable bonds is 7. The van der Waals surface area contributed by atoms with E-state index in [0.29, 0.717) is 12.5 Å². The summed E-state index contributed by atoms with van der Waals surface area (Å²) < 4.78 is 7.85.